The van der Waals surface area contributed by atoms with Gasteiger partial charge in [0, 0.05) is 11.0 Å². The molecule has 2 aromatic rings. The molecule has 2 rings (SSSR count). The molecule has 23 heavy (non-hydrogen) atoms. The second kappa shape index (κ2) is 7.81. The highest BCUT2D eigenvalue weighted by molar-refractivity contribution is 9.10. The molecule has 0 aromatic heterocycles. The predicted molar refractivity (Wildman–Crippen MR) is 92.6 cm³/mol. The number of hydrogen-bond acceptors (Lipinski definition) is 4. The number of hydrogen-bond donors (Lipinski definition) is 1. The number of methoxy groups -OCH3 is 1. The first-order chi connectivity index (χ1) is 10.9. The molecule has 0 fully saturated rings. The van der Waals surface area contributed by atoms with Crippen LogP contribution in [0.2, 0.25) is 0 Å². The lowest BCUT2D eigenvalue weighted by atomic mass is 10.2. The zero-order chi connectivity index (χ0) is 16.9. The van der Waals surface area contributed by atoms with Crippen molar-refractivity contribution in [3.05, 3.63) is 52.5 Å². The Balaban J connectivity index is 1.96. The van der Waals surface area contributed by atoms with E-state index in [9.17, 15) is 8.42 Å². The van der Waals surface area contributed by atoms with E-state index in [0.29, 0.717) is 16.0 Å². The molecule has 0 amide bonds. The van der Waals surface area contributed by atoms with Crippen molar-refractivity contribution < 1.29 is 17.9 Å². The van der Waals surface area contributed by atoms with E-state index in [4.69, 9.17) is 9.47 Å². The minimum atomic E-state index is -3.67. The van der Waals surface area contributed by atoms with Gasteiger partial charge in [-0.1, -0.05) is 33.6 Å². The molecule has 0 spiro atoms. The fourth-order valence-corrected chi connectivity index (χ4v) is 3.64. The standard InChI is InChI=1S/C16H18BrNO4S/c1-12-3-6-14(7-4-12)22-10-9-18-23(19,20)16-11-13(17)5-8-15(16)21-2/h3-8,11,18H,9-10H2,1-2H3. The molecule has 0 saturated heterocycles. The van der Waals surface area contributed by atoms with Crippen LogP contribution in [0.4, 0.5) is 0 Å². The Hall–Kier alpha value is -1.57. The van der Waals surface area contributed by atoms with Gasteiger partial charge in [0.2, 0.25) is 10.0 Å². The predicted octanol–water partition coefficient (Wildman–Crippen LogP) is 3.12. The molecular formula is C16H18BrNO4S. The molecule has 0 atom stereocenters. The number of benzene rings is 2. The summed E-state index contributed by atoms with van der Waals surface area (Å²) in [5, 5.41) is 0. The SMILES string of the molecule is COc1ccc(Br)cc1S(=O)(=O)NCCOc1ccc(C)cc1. The van der Waals surface area contributed by atoms with E-state index in [1.54, 1.807) is 12.1 Å². The summed E-state index contributed by atoms with van der Waals surface area (Å²) in [7, 11) is -2.24. The number of nitrogens with one attached hydrogen (secondary N) is 1. The third-order valence-corrected chi connectivity index (χ3v) is 5.07. The number of rotatable bonds is 7. The van der Waals surface area contributed by atoms with Gasteiger partial charge >= 0.3 is 0 Å². The fraction of sp³-hybridized carbons (Fsp3) is 0.250. The van der Waals surface area contributed by atoms with Crippen LogP contribution in [0, 0.1) is 6.92 Å². The minimum absolute atomic E-state index is 0.0877. The molecule has 0 saturated carbocycles. The van der Waals surface area contributed by atoms with Gasteiger partial charge < -0.3 is 9.47 Å². The molecule has 2 aromatic carbocycles. The Morgan fingerprint density at radius 3 is 2.48 bits per heavy atom. The molecule has 0 aliphatic heterocycles. The molecule has 124 valence electrons. The van der Waals surface area contributed by atoms with Gasteiger partial charge in [0.05, 0.1) is 7.11 Å². The van der Waals surface area contributed by atoms with Crippen molar-refractivity contribution in [2.45, 2.75) is 11.8 Å². The quantitative estimate of drug-likeness (QED) is 0.726. The van der Waals surface area contributed by atoms with E-state index >= 15 is 0 Å². The number of aryl methyl sites for hydroxylation is 1. The summed E-state index contributed by atoms with van der Waals surface area (Å²) in [5.74, 6) is 0.995. The zero-order valence-electron chi connectivity index (χ0n) is 12.9. The van der Waals surface area contributed by atoms with Crippen molar-refractivity contribution >= 4 is 26.0 Å². The largest absolute Gasteiger partial charge is 0.495 e. The summed E-state index contributed by atoms with van der Waals surface area (Å²) in [6.07, 6.45) is 0. The van der Waals surface area contributed by atoms with Crippen LogP contribution in [0.5, 0.6) is 11.5 Å². The van der Waals surface area contributed by atoms with E-state index in [2.05, 4.69) is 20.7 Å². The summed E-state index contributed by atoms with van der Waals surface area (Å²) >= 11 is 3.26. The van der Waals surface area contributed by atoms with Crippen LogP contribution in [0.3, 0.4) is 0 Å². The Morgan fingerprint density at radius 1 is 1.13 bits per heavy atom. The van der Waals surface area contributed by atoms with Crippen molar-refractivity contribution in [1.29, 1.82) is 0 Å². The van der Waals surface area contributed by atoms with Gasteiger partial charge in [-0.25, -0.2) is 13.1 Å². The van der Waals surface area contributed by atoms with Gasteiger partial charge in [0.1, 0.15) is 23.0 Å². The maximum Gasteiger partial charge on any atom is 0.244 e. The van der Waals surface area contributed by atoms with E-state index < -0.39 is 10.0 Å². The van der Waals surface area contributed by atoms with Crippen LogP contribution < -0.4 is 14.2 Å². The maximum atomic E-state index is 12.4. The first-order valence-corrected chi connectivity index (χ1v) is 9.22. The third-order valence-electron chi connectivity index (χ3n) is 3.10. The number of sulfonamides is 1. The van der Waals surface area contributed by atoms with E-state index in [1.807, 2.05) is 31.2 Å². The monoisotopic (exact) mass is 399 g/mol. The molecule has 0 bridgehead atoms. The Bertz CT molecular complexity index is 760. The second-order valence-electron chi connectivity index (χ2n) is 4.85. The first kappa shape index (κ1) is 17.8. The van der Waals surface area contributed by atoms with Crippen molar-refractivity contribution in [3.63, 3.8) is 0 Å². The van der Waals surface area contributed by atoms with Crippen molar-refractivity contribution in [2.75, 3.05) is 20.3 Å². The highest BCUT2D eigenvalue weighted by Crippen LogP contribution is 2.26. The van der Waals surface area contributed by atoms with Crippen LogP contribution >= 0.6 is 15.9 Å². The van der Waals surface area contributed by atoms with Crippen LogP contribution in [0.1, 0.15) is 5.56 Å². The van der Waals surface area contributed by atoms with Crippen molar-refractivity contribution in [2.24, 2.45) is 0 Å². The second-order valence-corrected chi connectivity index (χ2v) is 7.51. The number of halogens is 1. The summed E-state index contributed by atoms with van der Waals surface area (Å²) in [5.41, 5.74) is 1.14. The van der Waals surface area contributed by atoms with Gasteiger partial charge in [0.15, 0.2) is 0 Å². The topological polar surface area (TPSA) is 64.6 Å². The molecule has 0 unspecified atom stereocenters. The zero-order valence-corrected chi connectivity index (χ0v) is 15.3. The molecular weight excluding hydrogens is 382 g/mol. The first-order valence-electron chi connectivity index (χ1n) is 6.95. The lowest BCUT2D eigenvalue weighted by molar-refractivity contribution is 0.322. The van der Waals surface area contributed by atoms with E-state index in [1.165, 1.54) is 13.2 Å². The average Bonchev–Trinajstić information content (AvgIpc) is 2.53. The normalized spacial score (nSPS) is 11.3. The fourth-order valence-electron chi connectivity index (χ4n) is 1.92. The Kier molecular flexibility index (Phi) is 6.04. The van der Waals surface area contributed by atoms with Gasteiger partial charge in [-0.05, 0) is 37.3 Å². The lowest BCUT2D eigenvalue weighted by Crippen LogP contribution is -2.28. The van der Waals surface area contributed by atoms with Crippen LogP contribution in [-0.4, -0.2) is 28.7 Å². The van der Waals surface area contributed by atoms with Crippen molar-refractivity contribution in [1.82, 2.24) is 4.72 Å². The molecule has 0 aliphatic rings. The summed E-state index contributed by atoms with van der Waals surface area (Å²) in [6.45, 7) is 2.38. The summed E-state index contributed by atoms with van der Waals surface area (Å²) < 4.78 is 38.5. The molecule has 0 aliphatic carbocycles. The third kappa shape index (κ3) is 4.95. The smallest absolute Gasteiger partial charge is 0.244 e. The Labute approximate surface area is 144 Å². The Morgan fingerprint density at radius 2 is 1.83 bits per heavy atom. The maximum absolute atomic E-state index is 12.4. The van der Waals surface area contributed by atoms with Gasteiger partial charge in [0.25, 0.3) is 0 Å². The van der Waals surface area contributed by atoms with Crippen LogP contribution in [0.15, 0.2) is 51.8 Å². The van der Waals surface area contributed by atoms with Crippen LogP contribution in [0.25, 0.3) is 0 Å². The highest BCUT2D eigenvalue weighted by Gasteiger charge is 2.19. The molecule has 1 N–H and O–H groups in total. The van der Waals surface area contributed by atoms with Gasteiger partial charge in [-0.2, -0.15) is 0 Å². The summed E-state index contributed by atoms with van der Waals surface area (Å²) in [6, 6.07) is 12.4. The molecule has 0 heterocycles. The van der Waals surface area contributed by atoms with Gasteiger partial charge in [-0.15, -0.1) is 0 Å². The summed E-state index contributed by atoms with van der Waals surface area (Å²) in [4.78, 5) is 0.0877. The highest BCUT2D eigenvalue weighted by atomic mass is 79.9. The van der Waals surface area contributed by atoms with E-state index in [-0.39, 0.29) is 18.0 Å². The number of ether oxygens (including phenoxy) is 2. The van der Waals surface area contributed by atoms with Crippen molar-refractivity contribution in [3.8, 4) is 11.5 Å². The molecule has 5 nitrogen and oxygen atoms in total. The minimum Gasteiger partial charge on any atom is -0.495 e. The van der Waals surface area contributed by atoms with Crippen LogP contribution in [-0.2, 0) is 10.0 Å². The molecule has 7 heteroatoms. The molecule has 0 radical (unpaired) electrons. The van der Waals surface area contributed by atoms with E-state index in [0.717, 1.165) is 5.56 Å². The van der Waals surface area contributed by atoms with Gasteiger partial charge in [-0.3, -0.25) is 0 Å². The average molecular weight is 400 g/mol. The lowest BCUT2D eigenvalue weighted by Gasteiger charge is -2.12.